The highest BCUT2D eigenvalue weighted by Gasteiger charge is 2.16. The van der Waals surface area contributed by atoms with Gasteiger partial charge >= 0.3 is 0 Å². The molecule has 0 saturated heterocycles. The largest absolute Gasteiger partial charge is 0.316 e. The molecule has 0 atom stereocenters. The topological polar surface area (TPSA) is 12.0 Å². The van der Waals surface area contributed by atoms with Crippen molar-refractivity contribution in [2.75, 3.05) is 13.1 Å². The highest BCUT2D eigenvalue weighted by molar-refractivity contribution is 4.69. The summed E-state index contributed by atoms with van der Waals surface area (Å²) in [6.45, 7) is 14.0. The lowest BCUT2D eigenvalue weighted by Gasteiger charge is -2.25. The molecule has 98 valence electrons. The Labute approximate surface area is 103 Å². The van der Waals surface area contributed by atoms with Gasteiger partial charge in [-0.1, -0.05) is 60.3 Å². The maximum atomic E-state index is 3.63. The Balaban J connectivity index is 3.41. The molecule has 0 rings (SSSR count). The van der Waals surface area contributed by atoms with Crippen molar-refractivity contribution in [2.45, 2.75) is 66.7 Å². The van der Waals surface area contributed by atoms with E-state index < -0.39 is 0 Å². The van der Waals surface area contributed by atoms with Crippen LogP contribution in [0.5, 0.6) is 0 Å². The van der Waals surface area contributed by atoms with Gasteiger partial charge in [-0.3, -0.25) is 0 Å². The lowest BCUT2D eigenvalue weighted by Crippen LogP contribution is -2.30. The summed E-state index contributed by atoms with van der Waals surface area (Å²) >= 11 is 0. The van der Waals surface area contributed by atoms with Crippen LogP contribution >= 0.6 is 0 Å². The van der Waals surface area contributed by atoms with Gasteiger partial charge in [0.05, 0.1) is 0 Å². The van der Waals surface area contributed by atoms with Crippen LogP contribution in [0.15, 0.2) is 0 Å². The van der Waals surface area contributed by atoms with Gasteiger partial charge in [-0.05, 0) is 37.3 Å². The molecule has 0 amide bonds. The van der Waals surface area contributed by atoms with E-state index in [1.54, 1.807) is 0 Å². The molecule has 0 saturated carbocycles. The lowest BCUT2D eigenvalue weighted by molar-refractivity contribution is 0.275. The Morgan fingerprint density at radius 3 is 1.88 bits per heavy atom. The molecule has 0 bridgehead atoms. The van der Waals surface area contributed by atoms with Crippen LogP contribution in [0.4, 0.5) is 0 Å². The molecule has 1 nitrogen and oxygen atoms in total. The summed E-state index contributed by atoms with van der Waals surface area (Å²) in [4.78, 5) is 0. The van der Waals surface area contributed by atoms with Gasteiger partial charge in [0.1, 0.15) is 0 Å². The average molecular weight is 227 g/mol. The average Bonchev–Trinajstić information content (AvgIpc) is 2.21. The van der Waals surface area contributed by atoms with E-state index in [9.17, 15) is 0 Å². The van der Waals surface area contributed by atoms with Gasteiger partial charge in [-0.2, -0.15) is 0 Å². The van der Waals surface area contributed by atoms with Crippen LogP contribution in [0.2, 0.25) is 0 Å². The molecule has 0 aliphatic heterocycles. The second-order valence-corrected chi connectivity index (χ2v) is 5.77. The normalized spacial score (nSPS) is 12.0. The second kappa shape index (κ2) is 10.1. The van der Waals surface area contributed by atoms with E-state index in [1.165, 1.54) is 45.2 Å². The SMILES string of the molecule is CCCCCCCNCC(C(C)C)C(C)C. The molecule has 0 fully saturated rings. The molecule has 16 heavy (non-hydrogen) atoms. The minimum atomic E-state index is 0.799. The van der Waals surface area contributed by atoms with Crippen molar-refractivity contribution in [3.63, 3.8) is 0 Å². The summed E-state index contributed by atoms with van der Waals surface area (Å²) in [5, 5.41) is 3.63. The first kappa shape index (κ1) is 16.0. The molecule has 1 N–H and O–H groups in total. The molecular weight excluding hydrogens is 194 g/mol. The summed E-state index contributed by atoms with van der Waals surface area (Å²) in [5.41, 5.74) is 0. The van der Waals surface area contributed by atoms with Crippen molar-refractivity contribution in [1.29, 1.82) is 0 Å². The van der Waals surface area contributed by atoms with Crippen molar-refractivity contribution in [3.05, 3.63) is 0 Å². The number of unbranched alkanes of at least 4 members (excludes halogenated alkanes) is 4. The van der Waals surface area contributed by atoms with Gasteiger partial charge in [-0.25, -0.2) is 0 Å². The Hall–Kier alpha value is -0.0400. The fourth-order valence-electron chi connectivity index (χ4n) is 2.36. The zero-order valence-electron chi connectivity index (χ0n) is 12.2. The Bertz CT molecular complexity index is 132. The molecule has 0 aromatic rings. The second-order valence-electron chi connectivity index (χ2n) is 5.77. The summed E-state index contributed by atoms with van der Waals surface area (Å²) in [7, 11) is 0. The minimum Gasteiger partial charge on any atom is -0.316 e. The minimum absolute atomic E-state index is 0.799. The third-order valence-electron chi connectivity index (χ3n) is 3.55. The first-order chi connectivity index (χ1) is 7.59. The van der Waals surface area contributed by atoms with Crippen LogP contribution in [0.1, 0.15) is 66.7 Å². The van der Waals surface area contributed by atoms with Gasteiger partial charge in [0, 0.05) is 0 Å². The molecule has 0 spiro atoms. The molecule has 1 heteroatoms. The Kier molecular flexibility index (Phi) is 10.1. The van der Waals surface area contributed by atoms with Crippen LogP contribution in [0.25, 0.3) is 0 Å². The molecule has 0 unspecified atom stereocenters. The quantitative estimate of drug-likeness (QED) is 0.543. The van der Waals surface area contributed by atoms with Crippen LogP contribution in [-0.4, -0.2) is 13.1 Å². The first-order valence-corrected chi connectivity index (χ1v) is 7.30. The first-order valence-electron chi connectivity index (χ1n) is 7.30. The molecule has 0 aromatic heterocycles. The smallest absolute Gasteiger partial charge is 0.00156 e. The van der Waals surface area contributed by atoms with Crippen molar-refractivity contribution in [3.8, 4) is 0 Å². The van der Waals surface area contributed by atoms with E-state index in [1.807, 2.05) is 0 Å². The number of hydrogen-bond acceptors (Lipinski definition) is 1. The highest BCUT2D eigenvalue weighted by Crippen LogP contribution is 2.19. The van der Waals surface area contributed by atoms with Crippen molar-refractivity contribution in [2.24, 2.45) is 17.8 Å². The fourth-order valence-corrected chi connectivity index (χ4v) is 2.36. The summed E-state index contributed by atoms with van der Waals surface area (Å²) in [6.07, 6.45) is 6.91. The van der Waals surface area contributed by atoms with Crippen LogP contribution in [0, 0.1) is 17.8 Å². The standard InChI is InChI=1S/C15H33N/c1-6-7-8-9-10-11-16-12-15(13(2)3)14(4)5/h13-16H,6-12H2,1-5H3. The maximum Gasteiger partial charge on any atom is -0.00156 e. The number of nitrogens with one attached hydrogen (secondary N) is 1. The van der Waals surface area contributed by atoms with Crippen molar-refractivity contribution >= 4 is 0 Å². The zero-order chi connectivity index (χ0) is 12.4. The van der Waals surface area contributed by atoms with E-state index in [-0.39, 0.29) is 0 Å². The number of hydrogen-bond donors (Lipinski definition) is 1. The molecule has 0 heterocycles. The number of rotatable bonds is 10. The van der Waals surface area contributed by atoms with E-state index in [4.69, 9.17) is 0 Å². The van der Waals surface area contributed by atoms with Gasteiger partial charge in [0.15, 0.2) is 0 Å². The monoisotopic (exact) mass is 227 g/mol. The molecule has 0 aromatic carbocycles. The molecule has 0 aliphatic rings. The third kappa shape index (κ3) is 8.15. The van der Waals surface area contributed by atoms with Gasteiger partial charge in [-0.15, -0.1) is 0 Å². The zero-order valence-corrected chi connectivity index (χ0v) is 12.2. The predicted molar refractivity (Wildman–Crippen MR) is 74.8 cm³/mol. The van der Waals surface area contributed by atoms with E-state index in [0.29, 0.717) is 0 Å². The van der Waals surface area contributed by atoms with E-state index in [2.05, 4.69) is 39.9 Å². The van der Waals surface area contributed by atoms with Gasteiger partial charge < -0.3 is 5.32 Å². The molecular formula is C15H33N. The van der Waals surface area contributed by atoms with Crippen molar-refractivity contribution in [1.82, 2.24) is 5.32 Å². The van der Waals surface area contributed by atoms with E-state index >= 15 is 0 Å². The van der Waals surface area contributed by atoms with Crippen LogP contribution in [0.3, 0.4) is 0 Å². The van der Waals surface area contributed by atoms with Crippen LogP contribution < -0.4 is 5.32 Å². The third-order valence-corrected chi connectivity index (χ3v) is 3.55. The lowest BCUT2D eigenvalue weighted by atomic mass is 9.85. The fraction of sp³-hybridized carbons (Fsp3) is 1.00. The molecule has 0 aliphatic carbocycles. The highest BCUT2D eigenvalue weighted by atomic mass is 14.9. The Morgan fingerprint density at radius 2 is 1.38 bits per heavy atom. The summed E-state index contributed by atoms with van der Waals surface area (Å²) < 4.78 is 0. The maximum absolute atomic E-state index is 3.63. The Morgan fingerprint density at radius 1 is 0.812 bits per heavy atom. The predicted octanol–water partition coefficient (Wildman–Crippen LogP) is 4.47. The summed E-state index contributed by atoms with van der Waals surface area (Å²) in [6, 6.07) is 0. The van der Waals surface area contributed by atoms with Crippen LogP contribution in [-0.2, 0) is 0 Å². The summed E-state index contributed by atoms with van der Waals surface area (Å²) in [5.74, 6) is 2.43. The molecule has 0 radical (unpaired) electrons. The van der Waals surface area contributed by atoms with Gasteiger partial charge in [0.2, 0.25) is 0 Å². The van der Waals surface area contributed by atoms with Gasteiger partial charge in [0.25, 0.3) is 0 Å². The van der Waals surface area contributed by atoms with Crippen molar-refractivity contribution < 1.29 is 0 Å². The van der Waals surface area contributed by atoms with E-state index in [0.717, 1.165) is 17.8 Å².